The molecule has 0 saturated carbocycles. The summed E-state index contributed by atoms with van der Waals surface area (Å²) in [6.45, 7) is 2.70. The van der Waals surface area contributed by atoms with Crippen LogP contribution < -0.4 is 10.2 Å². The van der Waals surface area contributed by atoms with Crippen molar-refractivity contribution in [1.82, 2.24) is 4.90 Å². The van der Waals surface area contributed by atoms with E-state index < -0.39 is 29.3 Å². The highest BCUT2D eigenvalue weighted by Crippen LogP contribution is 2.60. The zero-order valence-corrected chi connectivity index (χ0v) is 19.0. The third kappa shape index (κ3) is 2.41. The lowest BCUT2D eigenvalue weighted by molar-refractivity contribution is -0.135. The van der Waals surface area contributed by atoms with Crippen molar-refractivity contribution < 1.29 is 23.9 Å². The van der Waals surface area contributed by atoms with E-state index >= 15 is 0 Å². The second-order valence-corrected chi connectivity index (χ2v) is 9.38. The number of hydrogen-bond acceptors (Lipinski definition) is 6. The molecule has 0 aromatic heterocycles. The molecule has 0 radical (unpaired) electrons. The van der Waals surface area contributed by atoms with E-state index in [0.717, 1.165) is 35.3 Å². The normalized spacial score (nSPS) is 29.4. The van der Waals surface area contributed by atoms with Crippen LogP contribution in [0.5, 0.6) is 0 Å². The number of esters is 1. The van der Waals surface area contributed by atoms with Crippen LogP contribution in [0.2, 0.25) is 0 Å². The summed E-state index contributed by atoms with van der Waals surface area (Å²) < 4.78 is 4.89. The summed E-state index contributed by atoms with van der Waals surface area (Å²) in [7, 11) is 1.26. The molecule has 6 rings (SSSR count). The highest BCUT2D eigenvalue weighted by atomic mass is 16.5. The van der Waals surface area contributed by atoms with E-state index in [1.807, 2.05) is 25.1 Å². The van der Waals surface area contributed by atoms with Crippen molar-refractivity contribution in [2.45, 2.75) is 37.8 Å². The monoisotopic (exact) mass is 459 g/mol. The number of para-hydroxylation sites is 1. The Bertz CT molecular complexity index is 1270. The maximum atomic E-state index is 14.1. The van der Waals surface area contributed by atoms with Crippen LogP contribution in [-0.4, -0.2) is 48.3 Å². The molecule has 3 amide bonds. The van der Waals surface area contributed by atoms with Crippen molar-refractivity contribution in [1.29, 1.82) is 0 Å². The Balaban J connectivity index is 1.55. The number of carbonyl (C=O) groups is 4. The van der Waals surface area contributed by atoms with Crippen LogP contribution >= 0.6 is 0 Å². The predicted octanol–water partition coefficient (Wildman–Crippen LogP) is 2.47. The quantitative estimate of drug-likeness (QED) is 0.560. The number of amides is 3. The lowest BCUT2D eigenvalue weighted by atomic mass is 9.75. The molecular formula is C26H25N3O5. The average molecular weight is 460 g/mol. The van der Waals surface area contributed by atoms with Crippen molar-refractivity contribution in [3.05, 3.63) is 59.2 Å². The predicted molar refractivity (Wildman–Crippen MR) is 123 cm³/mol. The fraction of sp³-hybridized carbons (Fsp3) is 0.385. The van der Waals surface area contributed by atoms with Gasteiger partial charge in [-0.05, 0) is 49.6 Å². The van der Waals surface area contributed by atoms with Gasteiger partial charge in [-0.25, -0.2) is 9.69 Å². The molecule has 0 bridgehead atoms. The number of benzene rings is 2. The van der Waals surface area contributed by atoms with Crippen molar-refractivity contribution in [3.8, 4) is 0 Å². The van der Waals surface area contributed by atoms with Gasteiger partial charge in [-0.3, -0.25) is 19.3 Å². The van der Waals surface area contributed by atoms with Gasteiger partial charge in [0.15, 0.2) is 0 Å². The molecule has 4 heterocycles. The van der Waals surface area contributed by atoms with Crippen LogP contribution in [0.3, 0.4) is 0 Å². The molecule has 4 atom stereocenters. The van der Waals surface area contributed by atoms with Gasteiger partial charge < -0.3 is 10.1 Å². The van der Waals surface area contributed by atoms with Crippen LogP contribution in [-0.2, 0) is 31.1 Å². The third-order valence-electron chi connectivity index (χ3n) is 8.02. The maximum absolute atomic E-state index is 14.1. The number of carbonyl (C=O) groups excluding carboxylic acids is 4. The molecule has 1 N–H and O–H groups in total. The van der Waals surface area contributed by atoms with Gasteiger partial charge in [-0.15, -0.1) is 0 Å². The largest absolute Gasteiger partial charge is 0.465 e. The molecule has 0 aliphatic carbocycles. The summed E-state index contributed by atoms with van der Waals surface area (Å²) in [5.74, 6) is -3.17. The Labute approximate surface area is 196 Å². The molecule has 4 aliphatic heterocycles. The van der Waals surface area contributed by atoms with Crippen LogP contribution in [0.1, 0.15) is 41.3 Å². The van der Waals surface area contributed by atoms with Crippen molar-refractivity contribution in [2.24, 2.45) is 11.8 Å². The molecule has 8 heteroatoms. The number of imide groups is 1. The van der Waals surface area contributed by atoms with E-state index in [0.29, 0.717) is 12.2 Å². The summed E-state index contributed by atoms with van der Waals surface area (Å²) in [4.78, 5) is 57.4. The Kier molecular flexibility index (Phi) is 4.48. The van der Waals surface area contributed by atoms with Crippen LogP contribution in [0, 0.1) is 11.8 Å². The lowest BCUT2D eigenvalue weighted by Gasteiger charge is -2.37. The number of hydrogen-bond donors (Lipinski definition) is 1. The second-order valence-electron chi connectivity index (χ2n) is 9.38. The Hall–Kier alpha value is -3.52. The smallest absolute Gasteiger partial charge is 0.339 e. The fourth-order valence-corrected chi connectivity index (χ4v) is 6.66. The first-order chi connectivity index (χ1) is 16.4. The standard InChI is InChI=1S/C26H25N3O5/c1-3-14-10-11-17-16(13-14)26(25(33)27-17)21-20(19-9-6-12-28(19)26)22(30)29(23(21)31)18-8-5-4-7-15(18)24(32)34-2/h4-5,7-8,10-11,13,19-21H,3,6,9,12H2,1-2H3,(H,27,33). The first kappa shape index (κ1) is 21.0. The molecule has 2 aromatic rings. The Morgan fingerprint density at radius 1 is 1.15 bits per heavy atom. The molecule has 8 nitrogen and oxygen atoms in total. The van der Waals surface area contributed by atoms with Crippen LogP contribution in [0.15, 0.2) is 42.5 Å². The molecular weight excluding hydrogens is 434 g/mol. The van der Waals surface area contributed by atoms with Gasteiger partial charge >= 0.3 is 5.97 Å². The van der Waals surface area contributed by atoms with E-state index in [4.69, 9.17) is 4.74 Å². The summed E-state index contributed by atoms with van der Waals surface area (Å²) in [6, 6.07) is 12.1. The van der Waals surface area contributed by atoms with E-state index in [1.54, 1.807) is 24.3 Å². The minimum Gasteiger partial charge on any atom is -0.465 e. The Morgan fingerprint density at radius 3 is 2.71 bits per heavy atom. The number of nitrogens with zero attached hydrogens (tertiary/aromatic N) is 2. The summed E-state index contributed by atoms with van der Waals surface area (Å²) in [5, 5.41) is 3.00. The van der Waals surface area contributed by atoms with E-state index in [2.05, 4.69) is 10.2 Å². The number of aryl methyl sites for hydroxylation is 1. The van der Waals surface area contributed by atoms with E-state index in [1.165, 1.54) is 7.11 Å². The minimum absolute atomic E-state index is 0.147. The van der Waals surface area contributed by atoms with Crippen LogP contribution in [0.25, 0.3) is 0 Å². The van der Waals surface area contributed by atoms with Gasteiger partial charge in [0.05, 0.1) is 30.2 Å². The molecule has 174 valence electrons. The highest BCUT2D eigenvalue weighted by Gasteiger charge is 2.74. The SMILES string of the molecule is CCc1ccc2c(c1)C1(C(=O)N2)C2C(=O)N(c3ccccc3C(=O)OC)C(=O)C2C2CCCN21. The van der Waals surface area contributed by atoms with Crippen molar-refractivity contribution >= 4 is 35.1 Å². The van der Waals surface area contributed by atoms with Crippen molar-refractivity contribution in [3.63, 3.8) is 0 Å². The average Bonchev–Trinajstić information content (AvgIpc) is 3.56. The van der Waals surface area contributed by atoms with Gasteiger partial charge in [0.1, 0.15) is 5.54 Å². The lowest BCUT2D eigenvalue weighted by Crippen LogP contribution is -2.54. The van der Waals surface area contributed by atoms with Gasteiger partial charge in [0.2, 0.25) is 17.7 Å². The Morgan fingerprint density at radius 2 is 1.94 bits per heavy atom. The maximum Gasteiger partial charge on any atom is 0.339 e. The molecule has 34 heavy (non-hydrogen) atoms. The fourth-order valence-electron chi connectivity index (χ4n) is 6.66. The van der Waals surface area contributed by atoms with Gasteiger partial charge in [0, 0.05) is 17.3 Å². The van der Waals surface area contributed by atoms with E-state index in [-0.39, 0.29) is 29.1 Å². The summed E-state index contributed by atoms with van der Waals surface area (Å²) in [6.07, 6.45) is 2.39. The third-order valence-corrected chi connectivity index (χ3v) is 8.02. The minimum atomic E-state index is -1.23. The van der Waals surface area contributed by atoms with Crippen LogP contribution in [0.4, 0.5) is 11.4 Å². The zero-order valence-electron chi connectivity index (χ0n) is 19.0. The summed E-state index contributed by atoms with van der Waals surface area (Å²) in [5.41, 5.74) is 1.67. The molecule has 3 saturated heterocycles. The molecule has 4 unspecified atom stereocenters. The first-order valence-corrected chi connectivity index (χ1v) is 11.7. The molecule has 4 aliphatic rings. The number of rotatable bonds is 3. The second kappa shape index (κ2) is 7.24. The van der Waals surface area contributed by atoms with Gasteiger partial charge in [0.25, 0.3) is 0 Å². The summed E-state index contributed by atoms with van der Waals surface area (Å²) >= 11 is 0. The highest BCUT2D eigenvalue weighted by molar-refractivity contribution is 6.27. The molecule has 2 aromatic carbocycles. The van der Waals surface area contributed by atoms with Gasteiger partial charge in [-0.1, -0.05) is 31.2 Å². The number of methoxy groups -OCH3 is 1. The number of anilines is 2. The number of ether oxygens (including phenoxy) is 1. The topological polar surface area (TPSA) is 96.0 Å². The van der Waals surface area contributed by atoms with E-state index in [9.17, 15) is 19.2 Å². The molecule has 1 spiro atoms. The zero-order chi connectivity index (χ0) is 23.8. The number of fused-ring (bicyclic) bond motifs is 7. The van der Waals surface area contributed by atoms with Crippen molar-refractivity contribution in [2.75, 3.05) is 23.9 Å². The van der Waals surface area contributed by atoms with Gasteiger partial charge in [-0.2, -0.15) is 0 Å². The molecule has 3 fully saturated rings. The first-order valence-electron chi connectivity index (χ1n) is 11.7. The number of nitrogens with one attached hydrogen (secondary N) is 1.